The molecule has 1 aliphatic carbocycles. The van der Waals surface area contributed by atoms with Gasteiger partial charge in [-0.15, -0.1) is 0 Å². The van der Waals surface area contributed by atoms with Crippen LogP contribution >= 0.6 is 0 Å². The van der Waals surface area contributed by atoms with Gasteiger partial charge in [0.1, 0.15) is 6.29 Å². The summed E-state index contributed by atoms with van der Waals surface area (Å²) in [5, 5.41) is 0. The SMILES string of the molecule is CC1(C)CC1C=O.COC(=O)C1CN([C-]=O)CC12CN(C)C2.[Fm]. The van der Waals surface area contributed by atoms with E-state index in [0.717, 1.165) is 25.8 Å². The zero-order valence-corrected chi connectivity index (χ0v) is 16.5. The minimum atomic E-state index is -0.208. The summed E-state index contributed by atoms with van der Waals surface area (Å²) in [4.78, 5) is 35.9. The topological polar surface area (TPSA) is 66.9 Å². The summed E-state index contributed by atoms with van der Waals surface area (Å²) in [6.45, 7) is 7.01. The van der Waals surface area contributed by atoms with Crippen LogP contribution in [0.3, 0.4) is 0 Å². The molecule has 3 rings (SSSR count). The quantitative estimate of drug-likeness (QED) is 0.280. The molecule has 3 fully saturated rings. The van der Waals surface area contributed by atoms with E-state index in [1.165, 1.54) is 7.11 Å². The number of carbonyl (C=O) groups is 2. The van der Waals surface area contributed by atoms with Crippen LogP contribution in [0.2, 0.25) is 0 Å². The van der Waals surface area contributed by atoms with Crippen LogP contribution < -0.4 is 0 Å². The first-order chi connectivity index (χ1) is 10.3. The summed E-state index contributed by atoms with van der Waals surface area (Å²) < 4.78 is 4.78. The van der Waals surface area contributed by atoms with Crippen molar-refractivity contribution < 1.29 is 19.1 Å². The van der Waals surface area contributed by atoms with Crippen molar-refractivity contribution in [1.29, 1.82) is 0 Å². The van der Waals surface area contributed by atoms with Gasteiger partial charge in [0.05, 0.1) is 13.0 Å². The van der Waals surface area contributed by atoms with Gasteiger partial charge in [-0.1, -0.05) is 13.8 Å². The van der Waals surface area contributed by atoms with Crippen molar-refractivity contribution in [3.63, 3.8) is 0 Å². The fraction of sp³-hybridized carbons (Fsp3) is 0.812. The molecule has 6 nitrogen and oxygen atoms in total. The molecule has 2 aliphatic heterocycles. The van der Waals surface area contributed by atoms with Gasteiger partial charge in [0.2, 0.25) is 0 Å². The fourth-order valence-corrected chi connectivity index (χ4v) is 3.59. The van der Waals surface area contributed by atoms with Crippen LogP contribution in [0.4, 0.5) is 0 Å². The van der Waals surface area contributed by atoms with Gasteiger partial charge < -0.3 is 24.1 Å². The first kappa shape index (κ1) is 18.6. The molecule has 7 heteroatoms. The van der Waals surface area contributed by atoms with Crippen molar-refractivity contribution in [2.45, 2.75) is 20.3 Å². The van der Waals surface area contributed by atoms with Crippen LogP contribution in [0.1, 0.15) is 20.3 Å². The molecule has 1 spiro atoms. The number of esters is 1. The molecule has 0 aromatic heterocycles. The average Bonchev–Trinajstić information content (AvgIpc) is 2.91. The van der Waals surface area contributed by atoms with E-state index in [4.69, 9.17) is 4.74 Å². The van der Waals surface area contributed by atoms with Gasteiger partial charge >= 0.3 is 5.97 Å². The number of carbonyl (C=O) groups excluding carboxylic acids is 3. The second-order valence-electron chi connectivity index (χ2n) is 7.52. The standard InChI is InChI=1S/C10H15N2O3.C6H10O.Fm/c1-11-4-10(5-11)6-12(7-13)3-8(10)9(14)15-2;1-6(2)3-5(6)4-7;/h8H,3-6H2,1-2H3;4-5H,3H2,1-2H3;/q-1;;. The first-order valence-electron chi connectivity index (χ1n) is 7.62. The number of hydrogen-bond acceptors (Lipinski definition) is 5. The van der Waals surface area contributed by atoms with E-state index in [1.54, 1.807) is 4.90 Å². The summed E-state index contributed by atoms with van der Waals surface area (Å²) in [6.07, 6.45) is 4.02. The largest absolute Gasteiger partial charge is 0.520 e. The van der Waals surface area contributed by atoms with Crippen LogP contribution in [0.25, 0.3) is 0 Å². The Balaban J connectivity index is 0.000000280. The normalized spacial score (nSPS) is 29.5. The van der Waals surface area contributed by atoms with Crippen LogP contribution in [0, 0.1) is 22.7 Å². The molecule has 2 unspecified atom stereocenters. The minimum absolute atomic E-state index is 0. The van der Waals surface area contributed by atoms with Crippen LogP contribution in [0.15, 0.2) is 0 Å². The van der Waals surface area contributed by atoms with Gasteiger partial charge in [-0.3, -0.25) is 4.79 Å². The first-order valence-corrected chi connectivity index (χ1v) is 7.62. The van der Waals surface area contributed by atoms with Crippen LogP contribution in [-0.2, 0) is 19.1 Å². The smallest absolute Gasteiger partial charge is 0.311 e. The zero-order chi connectivity index (χ0) is 16.5. The summed E-state index contributed by atoms with van der Waals surface area (Å²) in [5.74, 6) is -0.0199. The molecule has 2 heterocycles. The number of aldehydes is 1. The second kappa shape index (κ2) is 6.36. The second-order valence-corrected chi connectivity index (χ2v) is 7.52. The predicted octanol–water partition coefficient (Wildman–Crippen LogP) is 0.322. The Hall–Kier alpha value is -2.43. The molecule has 23 heavy (non-hydrogen) atoms. The number of nitrogens with zero attached hydrogens (tertiary/aromatic N) is 2. The fourth-order valence-electron chi connectivity index (χ4n) is 3.59. The third-order valence-corrected chi connectivity index (χ3v) is 5.19. The van der Waals surface area contributed by atoms with E-state index in [0.29, 0.717) is 24.4 Å². The molecule has 0 N–H and O–H groups in total. The van der Waals surface area contributed by atoms with Gasteiger partial charge in [0, 0.05) is 31.0 Å². The molecule has 0 bridgehead atoms. The average molecular weight is 566 g/mol. The van der Waals surface area contributed by atoms with Crippen molar-refractivity contribution in [2.75, 3.05) is 40.3 Å². The van der Waals surface area contributed by atoms with Gasteiger partial charge in [-0.05, 0) is 25.4 Å². The number of likely N-dealkylation sites (tertiary alicyclic amines) is 2. The maximum atomic E-state index is 11.6. The van der Waals surface area contributed by atoms with Gasteiger partial charge in [0.15, 0.2) is 0 Å². The predicted molar refractivity (Wildman–Crippen MR) is 80.7 cm³/mol. The van der Waals surface area contributed by atoms with Crippen molar-refractivity contribution >= 4 is 18.7 Å². The Morgan fingerprint density at radius 1 is 1.30 bits per heavy atom. The van der Waals surface area contributed by atoms with Crippen molar-refractivity contribution in [1.82, 2.24) is 9.80 Å². The molecule has 2 atom stereocenters. The van der Waals surface area contributed by atoms with E-state index in [2.05, 4.69) is 18.7 Å². The number of rotatable bonds is 3. The Bertz CT molecular complexity index is 463. The molecule has 1 saturated carbocycles. The van der Waals surface area contributed by atoms with E-state index >= 15 is 0 Å². The summed E-state index contributed by atoms with van der Waals surface area (Å²) in [7, 11) is 3.40. The Morgan fingerprint density at radius 2 is 1.87 bits per heavy atom. The maximum Gasteiger partial charge on any atom is 0.311 e. The molecule has 3 aliphatic rings. The zero-order valence-electron chi connectivity index (χ0n) is 14.1. The van der Waals surface area contributed by atoms with Crippen molar-refractivity contribution in [3.8, 4) is 0 Å². The third kappa shape index (κ3) is 3.50. The van der Waals surface area contributed by atoms with E-state index in [1.807, 2.05) is 13.5 Å². The Labute approximate surface area is 131 Å². The van der Waals surface area contributed by atoms with E-state index in [9.17, 15) is 14.4 Å². The molecular formula is C16H25FmN2O4-. The molecule has 1 amide bonds. The monoisotopic (exact) mass is 566 g/mol. The maximum absolute atomic E-state index is 11.6. The van der Waals surface area contributed by atoms with Crippen molar-refractivity contribution in [2.24, 2.45) is 22.7 Å². The minimum Gasteiger partial charge on any atom is -0.520 e. The number of amides is 1. The Morgan fingerprint density at radius 3 is 2.17 bits per heavy atom. The molecular weight excluding hydrogens is 541 g/mol. The Kier molecular flexibility index (Phi) is 5.15. The number of ether oxygens (including phenoxy) is 1. The van der Waals surface area contributed by atoms with Crippen molar-refractivity contribution in [3.05, 3.63) is 0 Å². The molecule has 2 saturated heterocycles. The van der Waals surface area contributed by atoms with E-state index in [-0.39, 0.29) is 17.3 Å². The van der Waals surface area contributed by atoms with Gasteiger partial charge in [-0.2, -0.15) is 6.41 Å². The molecule has 0 aromatic rings. The summed E-state index contributed by atoms with van der Waals surface area (Å²) >= 11 is 0. The number of hydrogen-bond donors (Lipinski definition) is 0. The summed E-state index contributed by atoms with van der Waals surface area (Å²) in [6, 6.07) is 0. The van der Waals surface area contributed by atoms with Gasteiger partial charge in [-0.25, -0.2) is 0 Å². The van der Waals surface area contributed by atoms with Crippen LogP contribution in [0.5, 0.6) is 0 Å². The van der Waals surface area contributed by atoms with E-state index < -0.39 is 0 Å². The number of methoxy groups -OCH3 is 1. The summed E-state index contributed by atoms with van der Waals surface area (Å²) in [5.41, 5.74) is 0.265. The van der Waals surface area contributed by atoms with Gasteiger partial charge in [0.25, 0.3) is 0 Å². The molecule has 0 radical (unpaired) electrons. The third-order valence-electron chi connectivity index (χ3n) is 5.19. The van der Waals surface area contributed by atoms with Crippen LogP contribution in [-0.4, -0.2) is 68.8 Å². The molecule has 0 aromatic carbocycles. The molecule has 136 valence electrons.